The average molecular weight is 218 g/mol. The van der Waals surface area contributed by atoms with Gasteiger partial charge in [0.05, 0.1) is 11.8 Å². The molecule has 0 saturated carbocycles. The SMILES string of the molecule is CCCn1nccc1C(=O)c1ccoc1C. The predicted molar refractivity (Wildman–Crippen MR) is 59.4 cm³/mol. The van der Waals surface area contributed by atoms with E-state index in [0.717, 1.165) is 13.0 Å². The molecule has 0 unspecified atom stereocenters. The van der Waals surface area contributed by atoms with Crippen LogP contribution in [0.2, 0.25) is 0 Å². The van der Waals surface area contributed by atoms with Crippen LogP contribution in [0.4, 0.5) is 0 Å². The molecule has 0 fully saturated rings. The summed E-state index contributed by atoms with van der Waals surface area (Å²) in [6.45, 7) is 4.60. The molecule has 0 amide bonds. The van der Waals surface area contributed by atoms with E-state index in [1.165, 1.54) is 6.26 Å². The minimum Gasteiger partial charge on any atom is -0.469 e. The molecule has 0 aromatic carbocycles. The minimum absolute atomic E-state index is 0.0304. The molecule has 2 rings (SSSR count). The number of aromatic nitrogens is 2. The van der Waals surface area contributed by atoms with Crippen molar-refractivity contribution in [1.82, 2.24) is 9.78 Å². The van der Waals surface area contributed by atoms with E-state index in [9.17, 15) is 4.79 Å². The van der Waals surface area contributed by atoms with Crippen molar-refractivity contribution in [2.75, 3.05) is 0 Å². The summed E-state index contributed by atoms with van der Waals surface area (Å²) < 4.78 is 6.86. The van der Waals surface area contributed by atoms with Crippen LogP contribution in [0.1, 0.15) is 35.2 Å². The van der Waals surface area contributed by atoms with Crippen molar-refractivity contribution in [3.05, 3.63) is 41.6 Å². The highest BCUT2D eigenvalue weighted by Crippen LogP contribution is 2.14. The molecular formula is C12H14N2O2. The topological polar surface area (TPSA) is 48.0 Å². The Bertz CT molecular complexity index is 497. The lowest BCUT2D eigenvalue weighted by Crippen LogP contribution is -2.11. The van der Waals surface area contributed by atoms with Crippen molar-refractivity contribution in [2.45, 2.75) is 26.8 Å². The number of ketones is 1. The van der Waals surface area contributed by atoms with E-state index in [1.54, 1.807) is 29.9 Å². The molecule has 0 aliphatic rings. The molecule has 84 valence electrons. The number of hydrogen-bond acceptors (Lipinski definition) is 3. The van der Waals surface area contributed by atoms with Crippen LogP contribution in [0.25, 0.3) is 0 Å². The Hall–Kier alpha value is -1.84. The molecule has 0 spiro atoms. The standard InChI is InChI=1S/C12H14N2O2/c1-3-7-14-11(4-6-13-14)12(15)10-5-8-16-9(10)2/h4-6,8H,3,7H2,1-2H3. The first-order chi connectivity index (χ1) is 7.74. The lowest BCUT2D eigenvalue weighted by Gasteiger charge is -2.04. The Morgan fingerprint density at radius 1 is 1.50 bits per heavy atom. The van der Waals surface area contributed by atoms with Gasteiger partial charge in [-0.05, 0) is 25.5 Å². The number of nitrogens with zero attached hydrogens (tertiary/aromatic N) is 2. The van der Waals surface area contributed by atoms with E-state index < -0.39 is 0 Å². The van der Waals surface area contributed by atoms with Crippen LogP contribution in [0.15, 0.2) is 29.0 Å². The minimum atomic E-state index is -0.0304. The molecule has 0 atom stereocenters. The zero-order chi connectivity index (χ0) is 11.5. The predicted octanol–water partition coefficient (Wildman–Crippen LogP) is 2.43. The van der Waals surface area contributed by atoms with Gasteiger partial charge in [0.2, 0.25) is 5.78 Å². The van der Waals surface area contributed by atoms with Gasteiger partial charge in [0.25, 0.3) is 0 Å². The van der Waals surface area contributed by atoms with Gasteiger partial charge in [-0.1, -0.05) is 6.92 Å². The third-order valence-electron chi connectivity index (χ3n) is 2.49. The third-order valence-corrected chi connectivity index (χ3v) is 2.49. The van der Waals surface area contributed by atoms with Crippen LogP contribution in [-0.2, 0) is 6.54 Å². The lowest BCUT2D eigenvalue weighted by molar-refractivity contribution is 0.102. The Labute approximate surface area is 93.9 Å². The van der Waals surface area contributed by atoms with Crippen molar-refractivity contribution in [3.8, 4) is 0 Å². The number of aryl methyl sites for hydroxylation is 2. The number of carbonyl (C=O) groups excluding carboxylic acids is 1. The van der Waals surface area contributed by atoms with Crippen LogP contribution in [0.5, 0.6) is 0 Å². The smallest absolute Gasteiger partial charge is 0.214 e. The second-order valence-electron chi connectivity index (χ2n) is 3.66. The summed E-state index contributed by atoms with van der Waals surface area (Å²) in [5.41, 5.74) is 1.23. The first-order valence-corrected chi connectivity index (χ1v) is 5.34. The number of hydrogen-bond donors (Lipinski definition) is 0. The molecule has 0 bridgehead atoms. The molecule has 4 nitrogen and oxygen atoms in total. The van der Waals surface area contributed by atoms with Gasteiger partial charge in [0.15, 0.2) is 0 Å². The fourth-order valence-corrected chi connectivity index (χ4v) is 1.67. The van der Waals surface area contributed by atoms with Gasteiger partial charge in [-0.15, -0.1) is 0 Å². The van der Waals surface area contributed by atoms with Gasteiger partial charge in [0.1, 0.15) is 11.5 Å². The molecule has 0 N–H and O–H groups in total. The maximum atomic E-state index is 12.2. The fraction of sp³-hybridized carbons (Fsp3) is 0.333. The Morgan fingerprint density at radius 3 is 2.94 bits per heavy atom. The average Bonchev–Trinajstić information content (AvgIpc) is 2.87. The quantitative estimate of drug-likeness (QED) is 0.740. The summed E-state index contributed by atoms with van der Waals surface area (Å²) in [6, 6.07) is 3.44. The summed E-state index contributed by atoms with van der Waals surface area (Å²) in [7, 11) is 0. The molecule has 0 radical (unpaired) electrons. The van der Waals surface area contributed by atoms with Crippen molar-refractivity contribution in [2.24, 2.45) is 0 Å². The molecule has 4 heteroatoms. The van der Waals surface area contributed by atoms with E-state index in [1.807, 2.05) is 0 Å². The highest BCUT2D eigenvalue weighted by atomic mass is 16.3. The number of carbonyl (C=O) groups is 1. The Kier molecular flexibility index (Phi) is 2.90. The molecule has 2 heterocycles. The zero-order valence-corrected chi connectivity index (χ0v) is 9.43. The second-order valence-corrected chi connectivity index (χ2v) is 3.66. The van der Waals surface area contributed by atoms with E-state index in [0.29, 0.717) is 17.0 Å². The van der Waals surface area contributed by atoms with Crippen molar-refractivity contribution < 1.29 is 9.21 Å². The van der Waals surface area contributed by atoms with E-state index in [2.05, 4.69) is 12.0 Å². The second kappa shape index (κ2) is 4.35. The fourth-order valence-electron chi connectivity index (χ4n) is 1.67. The lowest BCUT2D eigenvalue weighted by atomic mass is 10.1. The van der Waals surface area contributed by atoms with E-state index >= 15 is 0 Å². The van der Waals surface area contributed by atoms with Gasteiger partial charge < -0.3 is 4.42 Å². The van der Waals surface area contributed by atoms with Crippen LogP contribution in [0, 0.1) is 6.92 Å². The largest absolute Gasteiger partial charge is 0.469 e. The monoisotopic (exact) mass is 218 g/mol. The number of rotatable bonds is 4. The van der Waals surface area contributed by atoms with Gasteiger partial charge >= 0.3 is 0 Å². The van der Waals surface area contributed by atoms with Crippen LogP contribution < -0.4 is 0 Å². The molecule has 2 aromatic heterocycles. The van der Waals surface area contributed by atoms with Gasteiger partial charge in [-0.25, -0.2) is 0 Å². The highest BCUT2D eigenvalue weighted by molar-refractivity contribution is 6.08. The summed E-state index contributed by atoms with van der Waals surface area (Å²) in [4.78, 5) is 12.2. The van der Waals surface area contributed by atoms with Crippen LogP contribution in [-0.4, -0.2) is 15.6 Å². The molecule has 16 heavy (non-hydrogen) atoms. The molecular weight excluding hydrogens is 204 g/mol. The normalized spacial score (nSPS) is 10.6. The molecule has 0 saturated heterocycles. The zero-order valence-electron chi connectivity index (χ0n) is 9.43. The van der Waals surface area contributed by atoms with Crippen LogP contribution >= 0.6 is 0 Å². The first-order valence-electron chi connectivity index (χ1n) is 5.34. The van der Waals surface area contributed by atoms with Crippen LogP contribution in [0.3, 0.4) is 0 Å². The van der Waals surface area contributed by atoms with Crippen molar-refractivity contribution in [1.29, 1.82) is 0 Å². The molecule has 2 aromatic rings. The Morgan fingerprint density at radius 2 is 2.31 bits per heavy atom. The summed E-state index contributed by atoms with van der Waals surface area (Å²) >= 11 is 0. The summed E-state index contributed by atoms with van der Waals surface area (Å²) in [5, 5.41) is 4.13. The van der Waals surface area contributed by atoms with Gasteiger partial charge in [-0.2, -0.15) is 5.10 Å². The summed E-state index contributed by atoms with van der Waals surface area (Å²) in [6.07, 6.45) is 4.13. The Balaban J connectivity index is 2.34. The summed E-state index contributed by atoms with van der Waals surface area (Å²) in [5.74, 6) is 0.617. The maximum Gasteiger partial charge on any atom is 0.214 e. The van der Waals surface area contributed by atoms with Crippen molar-refractivity contribution >= 4 is 5.78 Å². The number of furan rings is 1. The molecule has 0 aliphatic heterocycles. The highest BCUT2D eigenvalue weighted by Gasteiger charge is 2.17. The van der Waals surface area contributed by atoms with Gasteiger partial charge in [-0.3, -0.25) is 9.48 Å². The third kappa shape index (κ3) is 1.78. The van der Waals surface area contributed by atoms with E-state index in [4.69, 9.17) is 4.42 Å². The van der Waals surface area contributed by atoms with Crippen molar-refractivity contribution in [3.63, 3.8) is 0 Å². The maximum absolute atomic E-state index is 12.2. The molecule has 0 aliphatic carbocycles. The van der Waals surface area contributed by atoms with Gasteiger partial charge in [0, 0.05) is 12.7 Å². The van der Waals surface area contributed by atoms with E-state index in [-0.39, 0.29) is 5.78 Å². The first kappa shape index (κ1) is 10.7.